The highest BCUT2D eigenvalue weighted by Crippen LogP contribution is 2.67. The largest absolute Gasteiger partial charge is 0.465 e. The summed E-state index contributed by atoms with van der Waals surface area (Å²) in [7, 11) is 0. The van der Waals surface area contributed by atoms with Gasteiger partial charge in [-0.15, -0.1) is 24.9 Å². The van der Waals surface area contributed by atoms with E-state index in [0.29, 0.717) is 19.3 Å². The number of allylic oxidation sites excluding steroid dienone is 1. The SMILES string of the molecule is C=CCCCOC(=O)[C@@H]1[C@@H]2CCC3(S2)C(C(=O)N(CC=C)c2ccc(N(CC)CC)cc2)N([C@@H](CO)CC(C)C)C(=O)[C@H]13. The molecule has 2 amide bonds. The third-order valence-electron chi connectivity index (χ3n) is 9.26. The number of hydrogen-bond acceptors (Lipinski definition) is 7. The zero-order valence-electron chi connectivity index (χ0n) is 26.2. The minimum Gasteiger partial charge on any atom is -0.465 e. The number of carbonyl (C=O) groups excluding carboxylic acids is 3. The maximum atomic E-state index is 14.8. The average molecular weight is 612 g/mol. The van der Waals surface area contributed by atoms with Crippen LogP contribution in [0.1, 0.15) is 59.8 Å². The Balaban J connectivity index is 1.73. The van der Waals surface area contributed by atoms with Crippen molar-refractivity contribution in [3.8, 4) is 0 Å². The summed E-state index contributed by atoms with van der Waals surface area (Å²) in [5, 5.41) is 10.5. The summed E-state index contributed by atoms with van der Waals surface area (Å²) in [4.78, 5) is 48.4. The summed E-state index contributed by atoms with van der Waals surface area (Å²) >= 11 is 1.62. The van der Waals surface area contributed by atoms with Crippen molar-refractivity contribution in [3.63, 3.8) is 0 Å². The average Bonchev–Trinajstić information content (AvgIpc) is 3.65. The van der Waals surface area contributed by atoms with Crippen LogP contribution >= 0.6 is 11.8 Å². The van der Waals surface area contributed by atoms with Crippen LogP contribution in [-0.2, 0) is 19.1 Å². The Bertz CT molecular complexity index is 1170. The highest BCUT2D eigenvalue weighted by Gasteiger charge is 2.74. The minimum atomic E-state index is -0.808. The lowest BCUT2D eigenvalue weighted by Gasteiger charge is -2.40. The fourth-order valence-corrected chi connectivity index (χ4v) is 9.57. The molecule has 1 spiro atoms. The van der Waals surface area contributed by atoms with Crippen LogP contribution in [0.25, 0.3) is 0 Å². The van der Waals surface area contributed by atoms with Crippen molar-refractivity contribution in [2.75, 3.05) is 42.6 Å². The van der Waals surface area contributed by atoms with Crippen molar-refractivity contribution in [2.45, 2.75) is 81.9 Å². The van der Waals surface area contributed by atoms with E-state index >= 15 is 0 Å². The van der Waals surface area contributed by atoms with Gasteiger partial charge >= 0.3 is 5.97 Å². The number of anilines is 2. The lowest BCUT2D eigenvalue weighted by atomic mass is 9.71. The molecule has 4 rings (SSSR count). The van der Waals surface area contributed by atoms with E-state index in [4.69, 9.17) is 4.74 Å². The molecule has 9 heteroatoms. The summed E-state index contributed by atoms with van der Waals surface area (Å²) < 4.78 is 4.93. The molecule has 8 nitrogen and oxygen atoms in total. The molecule has 1 aromatic carbocycles. The van der Waals surface area contributed by atoms with Crippen molar-refractivity contribution < 1.29 is 24.2 Å². The molecule has 6 atom stereocenters. The van der Waals surface area contributed by atoms with E-state index in [-0.39, 0.29) is 48.7 Å². The number of ether oxygens (including phenoxy) is 1. The monoisotopic (exact) mass is 611 g/mol. The Morgan fingerprint density at radius 3 is 2.42 bits per heavy atom. The second-order valence-electron chi connectivity index (χ2n) is 12.3. The molecular weight excluding hydrogens is 562 g/mol. The molecule has 2 unspecified atom stereocenters. The Kier molecular flexibility index (Phi) is 11.0. The molecule has 1 N–H and O–H groups in total. The first-order valence-electron chi connectivity index (χ1n) is 15.8. The Labute approximate surface area is 261 Å². The smallest absolute Gasteiger partial charge is 0.310 e. The first-order chi connectivity index (χ1) is 20.7. The minimum absolute atomic E-state index is 0.0720. The third kappa shape index (κ3) is 6.25. The van der Waals surface area contributed by atoms with Crippen LogP contribution in [-0.4, -0.2) is 82.7 Å². The molecule has 3 fully saturated rings. The number of esters is 1. The summed E-state index contributed by atoms with van der Waals surface area (Å²) in [5.74, 6) is -1.82. The second-order valence-corrected chi connectivity index (χ2v) is 13.9. The zero-order chi connectivity index (χ0) is 31.3. The van der Waals surface area contributed by atoms with Crippen LogP contribution in [0.5, 0.6) is 0 Å². The van der Waals surface area contributed by atoms with Crippen LogP contribution in [0.3, 0.4) is 0 Å². The number of rotatable bonds is 16. The molecule has 43 heavy (non-hydrogen) atoms. The Hall–Kier alpha value is -2.78. The van der Waals surface area contributed by atoms with Gasteiger partial charge in [-0.05, 0) is 76.1 Å². The molecule has 3 heterocycles. The quantitative estimate of drug-likeness (QED) is 0.159. The molecule has 236 valence electrons. The Morgan fingerprint density at radius 1 is 1.16 bits per heavy atom. The summed E-state index contributed by atoms with van der Waals surface area (Å²) in [5.41, 5.74) is 1.81. The number of fused-ring (bicyclic) bond motifs is 1. The standard InChI is InChI=1S/C34H49N3O5S/c1-7-11-12-20-42-33(41)28-27-17-18-34(43-27)29(28)31(39)37(26(22-38)21-23(5)6)30(34)32(40)36(19-8-2)25-15-13-24(14-16-25)35(9-3)10-4/h7-8,13-16,23,26-30,38H,1-2,9-12,17-22H2,3-6H3/t26-,27+,28-,29+,30?,34?/m1/s1. The molecule has 3 saturated heterocycles. The van der Waals surface area contributed by atoms with Crippen LogP contribution in [0.2, 0.25) is 0 Å². The fraction of sp³-hybridized carbons (Fsp3) is 0.618. The number of thioether (sulfide) groups is 1. The summed E-state index contributed by atoms with van der Waals surface area (Å²) in [6.07, 6.45) is 6.88. The van der Waals surface area contributed by atoms with Gasteiger partial charge in [0.15, 0.2) is 0 Å². The molecule has 0 saturated carbocycles. The number of unbranched alkanes of at least 4 members (excludes halogenated alkanes) is 1. The number of aliphatic hydroxyl groups is 1. The van der Waals surface area contributed by atoms with Crippen molar-refractivity contribution >= 4 is 40.9 Å². The van der Waals surface area contributed by atoms with E-state index in [1.807, 2.05) is 38.1 Å². The van der Waals surface area contributed by atoms with Gasteiger partial charge in [0.25, 0.3) is 5.91 Å². The number of benzene rings is 1. The maximum Gasteiger partial charge on any atom is 0.310 e. The number of hydrogen-bond donors (Lipinski definition) is 1. The van der Waals surface area contributed by atoms with Gasteiger partial charge in [0, 0.05) is 36.3 Å². The van der Waals surface area contributed by atoms with E-state index in [1.54, 1.807) is 33.7 Å². The number of carbonyl (C=O) groups is 3. The first-order valence-corrected chi connectivity index (χ1v) is 16.7. The van der Waals surface area contributed by atoms with Gasteiger partial charge in [0.05, 0.1) is 35.8 Å². The highest BCUT2D eigenvalue weighted by atomic mass is 32.2. The lowest BCUT2D eigenvalue weighted by molar-refractivity contribution is -0.154. The second kappa shape index (κ2) is 14.3. The van der Waals surface area contributed by atoms with E-state index in [2.05, 4.69) is 31.9 Å². The number of amides is 2. The first kappa shape index (κ1) is 33.1. The normalized spacial score (nSPS) is 26.4. The van der Waals surface area contributed by atoms with Gasteiger partial charge in [0.2, 0.25) is 5.91 Å². The Morgan fingerprint density at radius 2 is 1.84 bits per heavy atom. The predicted molar refractivity (Wildman–Crippen MR) is 174 cm³/mol. The summed E-state index contributed by atoms with van der Waals surface area (Å²) in [6.45, 7) is 18.0. The summed E-state index contributed by atoms with van der Waals surface area (Å²) in [6, 6.07) is 6.61. The molecule has 2 bridgehead atoms. The van der Waals surface area contributed by atoms with Crippen molar-refractivity contribution in [3.05, 3.63) is 49.6 Å². The number of likely N-dealkylation sites (tertiary alicyclic amines) is 1. The molecule has 0 aliphatic carbocycles. The molecule has 3 aliphatic rings. The van der Waals surface area contributed by atoms with Gasteiger partial charge in [0.1, 0.15) is 6.04 Å². The van der Waals surface area contributed by atoms with Crippen molar-refractivity contribution in [1.82, 2.24) is 4.90 Å². The topological polar surface area (TPSA) is 90.4 Å². The van der Waals surface area contributed by atoms with Gasteiger partial charge < -0.3 is 24.5 Å². The van der Waals surface area contributed by atoms with Crippen LogP contribution in [0, 0.1) is 17.8 Å². The predicted octanol–water partition coefficient (Wildman–Crippen LogP) is 5.06. The van der Waals surface area contributed by atoms with Gasteiger partial charge in [-0.2, -0.15) is 0 Å². The van der Waals surface area contributed by atoms with E-state index in [1.165, 1.54) is 0 Å². The van der Waals surface area contributed by atoms with E-state index in [0.717, 1.165) is 37.3 Å². The number of aliphatic hydroxyl groups excluding tert-OH is 1. The molecule has 1 aromatic rings. The molecule has 0 aromatic heterocycles. The van der Waals surface area contributed by atoms with Crippen LogP contribution in [0.4, 0.5) is 11.4 Å². The number of nitrogens with zero attached hydrogens (tertiary/aromatic N) is 3. The maximum absolute atomic E-state index is 14.8. The highest BCUT2D eigenvalue weighted by molar-refractivity contribution is 8.02. The third-order valence-corrected chi connectivity index (χ3v) is 11.2. The fourth-order valence-electron chi connectivity index (χ4n) is 7.38. The lowest BCUT2D eigenvalue weighted by Crippen LogP contribution is -2.57. The van der Waals surface area contributed by atoms with E-state index < -0.39 is 28.7 Å². The van der Waals surface area contributed by atoms with Gasteiger partial charge in [-0.3, -0.25) is 14.4 Å². The van der Waals surface area contributed by atoms with Crippen LogP contribution < -0.4 is 9.80 Å². The van der Waals surface area contributed by atoms with E-state index in [9.17, 15) is 19.5 Å². The van der Waals surface area contributed by atoms with Crippen molar-refractivity contribution in [1.29, 1.82) is 0 Å². The van der Waals surface area contributed by atoms with Gasteiger partial charge in [-0.1, -0.05) is 26.0 Å². The molecular formula is C34H49N3O5S. The zero-order valence-corrected chi connectivity index (χ0v) is 27.1. The molecule has 3 aliphatic heterocycles. The van der Waals surface area contributed by atoms with Crippen molar-refractivity contribution in [2.24, 2.45) is 17.8 Å². The van der Waals surface area contributed by atoms with Crippen LogP contribution in [0.15, 0.2) is 49.6 Å². The van der Waals surface area contributed by atoms with Gasteiger partial charge in [-0.25, -0.2) is 0 Å². The molecule has 0 radical (unpaired) electrons.